The van der Waals surface area contributed by atoms with Gasteiger partial charge in [-0.15, -0.1) is 0 Å². The molecule has 1 unspecified atom stereocenters. The minimum atomic E-state index is -1.04. The van der Waals surface area contributed by atoms with Gasteiger partial charge in [-0.2, -0.15) is 0 Å². The lowest BCUT2D eigenvalue weighted by Crippen LogP contribution is -2.32. The van der Waals surface area contributed by atoms with Crippen LogP contribution in [0.15, 0.2) is 76.4 Å². The number of aliphatic hydroxyl groups is 1. The molecule has 1 amide bonds. The standard InChI is InChI=1S/C29H22ClN3O7/c1-37-17-6-4-14(5-7-17)24-23(25(34)21-11-15-10-16(30)12-22(39-3)27(15)40-21)26(35)28(36)33(24)29-31-19-9-8-18(38-2)13-20(19)32-29/h4-13,24,35H,1-3H3,(H,31,32). The van der Waals surface area contributed by atoms with Crippen molar-refractivity contribution in [3.8, 4) is 17.2 Å². The molecule has 202 valence electrons. The number of imidazole rings is 1. The Morgan fingerprint density at radius 3 is 2.42 bits per heavy atom. The molecule has 1 aliphatic heterocycles. The molecule has 0 saturated heterocycles. The molecule has 0 aliphatic carbocycles. The Labute approximate surface area is 232 Å². The Bertz CT molecular complexity index is 1840. The van der Waals surface area contributed by atoms with Crippen molar-refractivity contribution in [3.63, 3.8) is 0 Å². The fraction of sp³-hybridized carbons (Fsp3) is 0.138. The molecule has 0 saturated carbocycles. The predicted molar refractivity (Wildman–Crippen MR) is 148 cm³/mol. The van der Waals surface area contributed by atoms with Gasteiger partial charge >= 0.3 is 0 Å². The number of rotatable bonds is 7. The number of H-pyrrole nitrogens is 1. The zero-order valence-corrected chi connectivity index (χ0v) is 22.3. The molecule has 5 aromatic rings. The number of aliphatic hydroxyl groups excluding tert-OH is 1. The first kappa shape index (κ1) is 25.3. The molecule has 3 heterocycles. The van der Waals surface area contributed by atoms with Crippen LogP contribution in [0.2, 0.25) is 5.02 Å². The molecule has 3 aromatic carbocycles. The lowest BCUT2D eigenvalue weighted by atomic mass is 9.95. The van der Waals surface area contributed by atoms with E-state index in [4.69, 9.17) is 30.2 Å². The lowest BCUT2D eigenvalue weighted by Gasteiger charge is -2.24. The molecule has 0 bridgehead atoms. The first-order valence-corrected chi connectivity index (χ1v) is 12.5. The number of aromatic nitrogens is 2. The second kappa shape index (κ2) is 9.65. The summed E-state index contributed by atoms with van der Waals surface area (Å²) in [6.45, 7) is 0. The molecule has 6 rings (SSSR count). The highest BCUT2D eigenvalue weighted by Gasteiger charge is 2.46. The Kier molecular flexibility index (Phi) is 6.11. The van der Waals surface area contributed by atoms with Gasteiger partial charge in [0.2, 0.25) is 11.7 Å². The summed E-state index contributed by atoms with van der Waals surface area (Å²) in [6, 6.07) is 15.7. The molecule has 0 fully saturated rings. The molecule has 1 atom stereocenters. The number of nitrogens with zero attached hydrogens (tertiary/aromatic N) is 2. The van der Waals surface area contributed by atoms with Crippen molar-refractivity contribution in [2.75, 3.05) is 26.2 Å². The summed E-state index contributed by atoms with van der Waals surface area (Å²) in [4.78, 5) is 36.4. The zero-order valence-electron chi connectivity index (χ0n) is 21.5. The zero-order chi connectivity index (χ0) is 28.1. The van der Waals surface area contributed by atoms with Gasteiger partial charge in [0.15, 0.2) is 22.9 Å². The third-order valence-corrected chi connectivity index (χ3v) is 7.00. The van der Waals surface area contributed by atoms with Crippen LogP contribution in [0.5, 0.6) is 17.2 Å². The summed E-state index contributed by atoms with van der Waals surface area (Å²) in [5.74, 6) is -0.630. The molecule has 1 aliphatic rings. The fourth-order valence-electron chi connectivity index (χ4n) is 4.86. The average Bonchev–Trinajstić information content (AvgIpc) is 3.65. The monoisotopic (exact) mass is 559 g/mol. The number of aromatic amines is 1. The highest BCUT2D eigenvalue weighted by Crippen LogP contribution is 2.43. The number of hydrogen-bond donors (Lipinski definition) is 2. The second-order valence-electron chi connectivity index (χ2n) is 9.02. The summed E-state index contributed by atoms with van der Waals surface area (Å²) < 4.78 is 21.8. The number of furan rings is 1. The maximum atomic E-state index is 14.0. The van der Waals surface area contributed by atoms with E-state index in [9.17, 15) is 14.7 Å². The molecule has 10 nitrogen and oxygen atoms in total. The van der Waals surface area contributed by atoms with Crippen molar-refractivity contribution in [3.05, 3.63) is 88.3 Å². The summed E-state index contributed by atoms with van der Waals surface area (Å²) in [5.41, 5.74) is 1.85. The Morgan fingerprint density at radius 2 is 1.73 bits per heavy atom. The first-order chi connectivity index (χ1) is 19.3. The average molecular weight is 560 g/mol. The van der Waals surface area contributed by atoms with E-state index >= 15 is 0 Å². The van der Waals surface area contributed by atoms with E-state index in [0.717, 1.165) is 0 Å². The Hall–Kier alpha value is -4.96. The summed E-state index contributed by atoms with van der Waals surface area (Å²) in [7, 11) is 4.54. The molecule has 0 radical (unpaired) electrons. The van der Waals surface area contributed by atoms with E-state index in [-0.39, 0.29) is 17.3 Å². The van der Waals surface area contributed by atoms with Crippen molar-refractivity contribution in [2.24, 2.45) is 0 Å². The number of carbonyl (C=O) groups excluding carboxylic acids is 2. The van der Waals surface area contributed by atoms with Crippen LogP contribution in [-0.4, -0.2) is 48.1 Å². The summed E-state index contributed by atoms with van der Waals surface area (Å²) in [6.07, 6.45) is 0. The number of methoxy groups -OCH3 is 3. The van der Waals surface area contributed by atoms with Crippen molar-refractivity contribution in [1.29, 1.82) is 0 Å². The van der Waals surface area contributed by atoms with Gasteiger partial charge in [0.25, 0.3) is 5.91 Å². The number of amides is 1. The molecule has 11 heteroatoms. The van der Waals surface area contributed by atoms with Gasteiger partial charge in [-0.1, -0.05) is 23.7 Å². The van der Waals surface area contributed by atoms with Crippen LogP contribution >= 0.6 is 11.6 Å². The van der Waals surface area contributed by atoms with Gasteiger partial charge in [-0.05, 0) is 42.0 Å². The minimum absolute atomic E-state index is 0.0976. The second-order valence-corrected chi connectivity index (χ2v) is 9.46. The largest absolute Gasteiger partial charge is 0.503 e. The summed E-state index contributed by atoms with van der Waals surface area (Å²) >= 11 is 6.19. The number of anilines is 1. The number of ether oxygens (including phenoxy) is 3. The Balaban J connectivity index is 1.50. The molecular formula is C29H22ClN3O7. The van der Waals surface area contributed by atoms with Crippen LogP contribution in [0.4, 0.5) is 5.95 Å². The van der Waals surface area contributed by atoms with E-state index in [0.29, 0.717) is 49.8 Å². The SMILES string of the molecule is COc1ccc(C2C(C(=O)c3cc4cc(Cl)cc(OC)c4o3)=C(O)C(=O)N2c2nc3ccc(OC)cc3[nH]2)cc1. The van der Waals surface area contributed by atoms with Gasteiger partial charge in [0, 0.05) is 22.5 Å². The van der Waals surface area contributed by atoms with E-state index in [2.05, 4.69) is 9.97 Å². The van der Waals surface area contributed by atoms with E-state index < -0.39 is 23.5 Å². The van der Waals surface area contributed by atoms with Crippen LogP contribution in [0.1, 0.15) is 22.2 Å². The smallest absolute Gasteiger partial charge is 0.296 e. The summed E-state index contributed by atoms with van der Waals surface area (Å²) in [5, 5.41) is 12.0. The highest BCUT2D eigenvalue weighted by atomic mass is 35.5. The van der Waals surface area contributed by atoms with E-state index in [1.165, 1.54) is 25.2 Å². The topological polar surface area (TPSA) is 127 Å². The predicted octanol–water partition coefficient (Wildman–Crippen LogP) is 5.77. The maximum absolute atomic E-state index is 14.0. The van der Waals surface area contributed by atoms with Crippen LogP contribution in [-0.2, 0) is 4.79 Å². The number of fused-ring (bicyclic) bond motifs is 2. The van der Waals surface area contributed by atoms with Crippen molar-refractivity contribution in [2.45, 2.75) is 6.04 Å². The van der Waals surface area contributed by atoms with Crippen molar-refractivity contribution >= 4 is 51.2 Å². The number of hydrogen-bond acceptors (Lipinski definition) is 8. The number of Topliss-reactive ketones (excluding diaryl/α,β-unsaturated/α-hetero) is 1. The van der Waals surface area contributed by atoms with Crippen LogP contribution in [0.3, 0.4) is 0 Å². The number of ketones is 1. The van der Waals surface area contributed by atoms with Crippen LogP contribution in [0, 0.1) is 0 Å². The highest BCUT2D eigenvalue weighted by molar-refractivity contribution is 6.31. The Morgan fingerprint density at radius 1 is 1.00 bits per heavy atom. The maximum Gasteiger partial charge on any atom is 0.296 e. The third kappa shape index (κ3) is 4.00. The van der Waals surface area contributed by atoms with Gasteiger partial charge in [0.05, 0.1) is 44.0 Å². The van der Waals surface area contributed by atoms with Gasteiger partial charge in [0.1, 0.15) is 11.5 Å². The number of nitrogens with one attached hydrogen (secondary N) is 1. The van der Waals surface area contributed by atoms with E-state index in [1.54, 1.807) is 61.7 Å². The van der Waals surface area contributed by atoms with Crippen molar-refractivity contribution < 1.29 is 33.3 Å². The third-order valence-electron chi connectivity index (χ3n) is 6.78. The molecule has 2 N–H and O–H groups in total. The lowest BCUT2D eigenvalue weighted by molar-refractivity contribution is -0.117. The van der Waals surface area contributed by atoms with Gasteiger partial charge in [-0.3, -0.25) is 14.5 Å². The van der Waals surface area contributed by atoms with E-state index in [1.807, 2.05) is 0 Å². The van der Waals surface area contributed by atoms with Crippen LogP contribution < -0.4 is 19.1 Å². The quantitative estimate of drug-likeness (QED) is 0.241. The molecule has 2 aromatic heterocycles. The molecule has 0 spiro atoms. The number of carbonyl (C=O) groups is 2. The molecular weight excluding hydrogens is 538 g/mol. The van der Waals surface area contributed by atoms with Crippen LogP contribution in [0.25, 0.3) is 22.0 Å². The minimum Gasteiger partial charge on any atom is -0.503 e. The first-order valence-electron chi connectivity index (χ1n) is 12.1. The van der Waals surface area contributed by atoms with Crippen molar-refractivity contribution in [1.82, 2.24) is 9.97 Å². The normalized spacial score (nSPS) is 15.3. The number of halogens is 1. The van der Waals surface area contributed by atoms with Gasteiger partial charge < -0.3 is 28.7 Å². The molecule has 40 heavy (non-hydrogen) atoms. The number of benzene rings is 3. The van der Waals surface area contributed by atoms with Gasteiger partial charge in [-0.25, -0.2) is 4.98 Å². The fourth-order valence-corrected chi connectivity index (χ4v) is 5.07.